The topological polar surface area (TPSA) is 75.2 Å². The maximum atomic E-state index is 11.5. The highest BCUT2D eigenvalue weighted by Gasteiger charge is 2.14. The van der Waals surface area contributed by atoms with Gasteiger partial charge in [0.1, 0.15) is 6.54 Å². The summed E-state index contributed by atoms with van der Waals surface area (Å²) >= 11 is 0. The van der Waals surface area contributed by atoms with Crippen LogP contribution in [0.25, 0.3) is 0 Å². The zero-order valence-corrected chi connectivity index (χ0v) is 13.4. The van der Waals surface area contributed by atoms with Crippen molar-refractivity contribution in [3.63, 3.8) is 0 Å². The van der Waals surface area contributed by atoms with Gasteiger partial charge in [-0.3, -0.25) is 4.79 Å². The van der Waals surface area contributed by atoms with Crippen molar-refractivity contribution in [1.82, 2.24) is 15.5 Å². The molecule has 1 aliphatic rings. The van der Waals surface area contributed by atoms with Crippen molar-refractivity contribution in [2.45, 2.75) is 25.9 Å². The summed E-state index contributed by atoms with van der Waals surface area (Å²) in [5.41, 5.74) is 0. The lowest BCUT2D eigenvalue weighted by Crippen LogP contribution is -2.40. The van der Waals surface area contributed by atoms with E-state index in [1.807, 2.05) is 6.92 Å². The normalized spacial score (nSPS) is 18.6. The highest BCUT2D eigenvalue weighted by Crippen LogP contribution is 2.11. The van der Waals surface area contributed by atoms with E-state index in [1.165, 1.54) is 4.90 Å². The summed E-state index contributed by atoms with van der Waals surface area (Å²) in [4.78, 5) is 17.3. The molecule has 0 spiro atoms. The Morgan fingerprint density at radius 1 is 1.43 bits per heavy atom. The molecule has 122 valence electrons. The Morgan fingerprint density at radius 2 is 2.24 bits per heavy atom. The van der Waals surface area contributed by atoms with Crippen LogP contribution >= 0.6 is 0 Å². The number of hydrogen-bond acceptors (Lipinski definition) is 4. The number of carbonyl (C=O) groups is 1. The molecule has 1 saturated heterocycles. The fourth-order valence-corrected chi connectivity index (χ4v) is 1.86. The molecule has 1 atom stereocenters. The number of amides is 1. The van der Waals surface area contributed by atoms with Gasteiger partial charge in [-0.05, 0) is 19.8 Å². The molecule has 21 heavy (non-hydrogen) atoms. The number of ether oxygens (including phenoxy) is 2. The fourth-order valence-electron chi connectivity index (χ4n) is 1.86. The van der Waals surface area contributed by atoms with Crippen LogP contribution in [0.3, 0.4) is 0 Å². The second kappa shape index (κ2) is 10.4. The summed E-state index contributed by atoms with van der Waals surface area (Å²) in [6.45, 7) is 5.61. The highest BCUT2D eigenvalue weighted by molar-refractivity contribution is 5.84. The first-order valence-electron chi connectivity index (χ1n) is 7.55. The van der Waals surface area contributed by atoms with Crippen molar-refractivity contribution in [1.29, 1.82) is 0 Å². The van der Waals surface area contributed by atoms with Gasteiger partial charge in [-0.15, -0.1) is 0 Å². The summed E-state index contributed by atoms with van der Waals surface area (Å²) in [5.74, 6) is 0.607. The molecule has 1 heterocycles. The first-order valence-corrected chi connectivity index (χ1v) is 7.55. The van der Waals surface area contributed by atoms with Crippen molar-refractivity contribution < 1.29 is 14.3 Å². The van der Waals surface area contributed by atoms with E-state index in [1.54, 1.807) is 14.1 Å². The maximum Gasteiger partial charge on any atom is 0.243 e. The van der Waals surface area contributed by atoms with Crippen LogP contribution in [0.5, 0.6) is 0 Å². The van der Waals surface area contributed by atoms with Gasteiger partial charge in [-0.25, -0.2) is 4.99 Å². The van der Waals surface area contributed by atoms with Crippen LogP contribution in [0.1, 0.15) is 19.8 Å². The number of nitrogens with zero attached hydrogens (tertiary/aromatic N) is 2. The molecule has 0 aliphatic carbocycles. The monoisotopic (exact) mass is 300 g/mol. The lowest BCUT2D eigenvalue weighted by atomic mass is 10.2. The van der Waals surface area contributed by atoms with E-state index in [-0.39, 0.29) is 18.6 Å². The predicted molar refractivity (Wildman–Crippen MR) is 82.5 cm³/mol. The SMILES string of the molecule is CCNC(=NCC(=O)N(C)C)NCCOCC1CCCO1. The molecular weight excluding hydrogens is 272 g/mol. The number of hydrogen-bond donors (Lipinski definition) is 2. The van der Waals surface area contributed by atoms with Gasteiger partial charge in [0, 0.05) is 33.8 Å². The third-order valence-corrected chi connectivity index (χ3v) is 3.08. The molecule has 1 fully saturated rings. The summed E-state index contributed by atoms with van der Waals surface area (Å²) in [5, 5.41) is 6.24. The van der Waals surface area contributed by atoms with Crippen molar-refractivity contribution in [2.75, 3.05) is 53.6 Å². The third kappa shape index (κ3) is 7.87. The van der Waals surface area contributed by atoms with Gasteiger partial charge in [0.15, 0.2) is 5.96 Å². The molecular formula is C14H28N4O3. The summed E-state index contributed by atoms with van der Waals surface area (Å²) in [6.07, 6.45) is 2.47. The fraction of sp³-hybridized carbons (Fsp3) is 0.857. The van der Waals surface area contributed by atoms with Gasteiger partial charge in [-0.2, -0.15) is 0 Å². The number of likely N-dealkylation sites (N-methyl/N-ethyl adjacent to an activating group) is 1. The number of nitrogens with one attached hydrogen (secondary N) is 2. The van der Waals surface area contributed by atoms with Gasteiger partial charge in [-0.1, -0.05) is 0 Å². The van der Waals surface area contributed by atoms with Crippen LogP contribution in [0.2, 0.25) is 0 Å². The van der Waals surface area contributed by atoms with Crippen molar-refractivity contribution in [2.24, 2.45) is 4.99 Å². The van der Waals surface area contributed by atoms with Gasteiger partial charge in [0.05, 0.1) is 19.3 Å². The largest absolute Gasteiger partial charge is 0.377 e. The molecule has 0 saturated carbocycles. The molecule has 0 aromatic rings. The number of rotatable bonds is 8. The number of carbonyl (C=O) groups excluding carboxylic acids is 1. The van der Waals surface area contributed by atoms with Gasteiger partial charge >= 0.3 is 0 Å². The quantitative estimate of drug-likeness (QED) is 0.370. The minimum Gasteiger partial charge on any atom is -0.377 e. The third-order valence-electron chi connectivity index (χ3n) is 3.08. The zero-order chi connectivity index (χ0) is 15.5. The summed E-state index contributed by atoms with van der Waals surface area (Å²) in [7, 11) is 3.44. The Labute approximate surface area is 127 Å². The molecule has 1 unspecified atom stereocenters. The van der Waals surface area contributed by atoms with Crippen LogP contribution in [-0.4, -0.2) is 76.4 Å². The Kier molecular flexibility index (Phi) is 8.77. The van der Waals surface area contributed by atoms with Crippen molar-refractivity contribution >= 4 is 11.9 Å². The molecule has 0 aromatic heterocycles. The number of aliphatic imine (C=N–C) groups is 1. The molecule has 0 aromatic carbocycles. The molecule has 2 N–H and O–H groups in total. The van der Waals surface area contributed by atoms with Crippen molar-refractivity contribution in [3.8, 4) is 0 Å². The van der Waals surface area contributed by atoms with Gasteiger partial charge < -0.3 is 25.0 Å². The second-order valence-corrected chi connectivity index (χ2v) is 5.12. The summed E-state index contributed by atoms with van der Waals surface area (Å²) < 4.78 is 11.0. The van der Waals surface area contributed by atoms with Crippen LogP contribution in [0, 0.1) is 0 Å². The lowest BCUT2D eigenvalue weighted by Gasteiger charge is -2.14. The first-order chi connectivity index (χ1) is 10.1. The average molecular weight is 300 g/mol. The molecule has 7 heteroatoms. The van der Waals surface area contributed by atoms with E-state index in [9.17, 15) is 4.79 Å². The van der Waals surface area contributed by atoms with E-state index in [0.29, 0.717) is 25.7 Å². The van der Waals surface area contributed by atoms with E-state index in [4.69, 9.17) is 9.47 Å². The molecule has 7 nitrogen and oxygen atoms in total. The van der Waals surface area contributed by atoms with E-state index >= 15 is 0 Å². The van der Waals surface area contributed by atoms with E-state index in [2.05, 4.69) is 15.6 Å². The Balaban J connectivity index is 2.17. The van der Waals surface area contributed by atoms with Crippen LogP contribution in [0.4, 0.5) is 0 Å². The van der Waals surface area contributed by atoms with E-state index < -0.39 is 0 Å². The van der Waals surface area contributed by atoms with Crippen LogP contribution in [-0.2, 0) is 14.3 Å². The minimum atomic E-state index is -0.0261. The lowest BCUT2D eigenvalue weighted by molar-refractivity contribution is -0.127. The maximum absolute atomic E-state index is 11.5. The first kappa shape index (κ1) is 17.7. The van der Waals surface area contributed by atoms with Gasteiger partial charge in [0.2, 0.25) is 5.91 Å². The van der Waals surface area contributed by atoms with Crippen LogP contribution < -0.4 is 10.6 Å². The molecule has 1 amide bonds. The highest BCUT2D eigenvalue weighted by atomic mass is 16.5. The zero-order valence-electron chi connectivity index (χ0n) is 13.4. The molecule has 1 rings (SSSR count). The Morgan fingerprint density at radius 3 is 2.86 bits per heavy atom. The minimum absolute atomic E-state index is 0.0261. The molecule has 1 aliphatic heterocycles. The average Bonchev–Trinajstić information content (AvgIpc) is 2.96. The van der Waals surface area contributed by atoms with Crippen molar-refractivity contribution in [3.05, 3.63) is 0 Å². The van der Waals surface area contributed by atoms with Crippen LogP contribution in [0.15, 0.2) is 4.99 Å². The van der Waals surface area contributed by atoms with E-state index in [0.717, 1.165) is 26.0 Å². The second-order valence-electron chi connectivity index (χ2n) is 5.12. The number of guanidine groups is 1. The standard InChI is InChI=1S/C14H28N4O3/c1-4-15-14(17-10-13(19)18(2)3)16-7-9-20-11-12-6-5-8-21-12/h12H,4-11H2,1-3H3,(H2,15,16,17). The summed E-state index contributed by atoms with van der Waals surface area (Å²) in [6, 6.07) is 0. The Hall–Kier alpha value is -1.34. The molecule has 0 bridgehead atoms. The van der Waals surface area contributed by atoms with Gasteiger partial charge in [0.25, 0.3) is 0 Å². The Bertz CT molecular complexity index is 328. The smallest absolute Gasteiger partial charge is 0.243 e. The molecule has 0 radical (unpaired) electrons. The predicted octanol–water partition coefficient (Wildman–Crippen LogP) is -0.175.